The van der Waals surface area contributed by atoms with Crippen LogP contribution < -0.4 is 0 Å². The molecule has 0 spiro atoms. The van der Waals surface area contributed by atoms with Crippen LogP contribution in [-0.2, 0) is 6.54 Å². The van der Waals surface area contributed by atoms with E-state index in [1.165, 1.54) is 0 Å². The van der Waals surface area contributed by atoms with Gasteiger partial charge >= 0.3 is 0 Å². The normalized spacial score (nSPS) is 20.1. The Morgan fingerprint density at radius 2 is 1.95 bits per heavy atom. The highest BCUT2D eigenvalue weighted by atomic mass is 16.3. The quantitative estimate of drug-likeness (QED) is 0.889. The summed E-state index contributed by atoms with van der Waals surface area (Å²) < 4.78 is 2.11. The van der Waals surface area contributed by atoms with Crippen molar-refractivity contribution in [3.8, 4) is 0 Å². The number of aromatic nitrogens is 2. The Hall–Kier alpha value is -0.870. The minimum atomic E-state index is -0.467. The van der Waals surface area contributed by atoms with Crippen LogP contribution in [0.15, 0.2) is 12.3 Å². The Bertz CT molecular complexity index is 386. The average molecular weight is 265 g/mol. The molecule has 2 rings (SSSR count). The standard InChI is InChI=1S/C15H27N3O/c1-4-14(5-2)18-9-6-13(16-18)12-17-10-7-15(3,19)8-11-17/h6,9,14,19H,4-5,7-8,10-12H2,1-3H3. The van der Waals surface area contributed by atoms with E-state index in [2.05, 4.69) is 35.7 Å². The third-order valence-electron chi connectivity index (χ3n) is 4.30. The summed E-state index contributed by atoms with van der Waals surface area (Å²) >= 11 is 0. The van der Waals surface area contributed by atoms with E-state index in [-0.39, 0.29) is 0 Å². The van der Waals surface area contributed by atoms with Gasteiger partial charge in [-0.3, -0.25) is 9.58 Å². The number of hydrogen-bond donors (Lipinski definition) is 1. The molecular weight excluding hydrogens is 238 g/mol. The molecule has 2 heterocycles. The highest BCUT2D eigenvalue weighted by molar-refractivity contribution is 5.00. The van der Waals surface area contributed by atoms with Gasteiger partial charge in [0, 0.05) is 25.8 Å². The zero-order valence-corrected chi connectivity index (χ0v) is 12.5. The first-order chi connectivity index (χ1) is 9.04. The number of aliphatic hydroxyl groups is 1. The predicted octanol–water partition coefficient (Wildman–Crippen LogP) is 2.59. The van der Waals surface area contributed by atoms with E-state index in [1.807, 2.05) is 6.92 Å². The van der Waals surface area contributed by atoms with Crippen molar-refractivity contribution in [2.75, 3.05) is 13.1 Å². The lowest BCUT2D eigenvalue weighted by atomic mass is 9.94. The van der Waals surface area contributed by atoms with Crippen molar-refractivity contribution in [1.82, 2.24) is 14.7 Å². The van der Waals surface area contributed by atoms with Gasteiger partial charge in [-0.1, -0.05) is 13.8 Å². The van der Waals surface area contributed by atoms with Gasteiger partial charge in [-0.15, -0.1) is 0 Å². The molecule has 0 aliphatic carbocycles. The Morgan fingerprint density at radius 3 is 2.53 bits per heavy atom. The molecule has 1 fully saturated rings. The third-order valence-corrected chi connectivity index (χ3v) is 4.30. The summed E-state index contributed by atoms with van der Waals surface area (Å²) in [7, 11) is 0. The molecule has 1 aliphatic heterocycles. The molecule has 1 aliphatic rings. The van der Waals surface area contributed by atoms with Crippen LogP contribution in [0.2, 0.25) is 0 Å². The fraction of sp³-hybridized carbons (Fsp3) is 0.800. The van der Waals surface area contributed by atoms with Gasteiger partial charge in [0.15, 0.2) is 0 Å². The molecule has 1 aromatic rings. The highest BCUT2D eigenvalue weighted by Crippen LogP contribution is 2.22. The summed E-state index contributed by atoms with van der Waals surface area (Å²) in [6, 6.07) is 2.65. The number of hydrogen-bond acceptors (Lipinski definition) is 3. The Morgan fingerprint density at radius 1 is 1.32 bits per heavy atom. The lowest BCUT2D eigenvalue weighted by Crippen LogP contribution is -2.42. The minimum Gasteiger partial charge on any atom is -0.390 e. The maximum atomic E-state index is 9.95. The van der Waals surface area contributed by atoms with Crippen molar-refractivity contribution in [3.63, 3.8) is 0 Å². The van der Waals surface area contributed by atoms with Crippen LogP contribution in [0, 0.1) is 0 Å². The maximum Gasteiger partial charge on any atom is 0.0764 e. The maximum absolute atomic E-state index is 9.95. The van der Waals surface area contributed by atoms with E-state index in [0.29, 0.717) is 6.04 Å². The minimum absolute atomic E-state index is 0.467. The summed E-state index contributed by atoms with van der Waals surface area (Å²) in [5.74, 6) is 0. The Balaban J connectivity index is 1.90. The SMILES string of the molecule is CCC(CC)n1ccc(CN2CCC(C)(O)CC2)n1. The summed E-state index contributed by atoms with van der Waals surface area (Å²) in [4.78, 5) is 2.39. The van der Waals surface area contributed by atoms with E-state index >= 15 is 0 Å². The van der Waals surface area contributed by atoms with E-state index in [9.17, 15) is 5.11 Å². The van der Waals surface area contributed by atoms with Gasteiger partial charge in [0.25, 0.3) is 0 Å². The second-order valence-corrected chi connectivity index (χ2v) is 6.03. The molecule has 0 radical (unpaired) electrons. The predicted molar refractivity (Wildman–Crippen MR) is 77.0 cm³/mol. The van der Waals surface area contributed by atoms with Crippen LogP contribution >= 0.6 is 0 Å². The molecule has 0 amide bonds. The summed E-state index contributed by atoms with van der Waals surface area (Å²) in [6.45, 7) is 9.19. The molecule has 108 valence electrons. The van der Waals surface area contributed by atoms with Crippen LogP contribution in [0.1, 0.15) is 58.2 Å². The highest BCUT2D eigenvalue weighted by Gasteiger charge is 2.27. The van der Waals surface area contributed by atoms with Crippen molar-refractivity contribution < 1.29 is 5.11 Å². The van der Waals surface area contributed by atoms with Crippen LogP contribution in [-0.4, -0.2) is 38.5 Å². The Kier molecular flexibility index (Phi) is 4.63. The van der Waals surface area contributed by atoms with Crippen LogP contribution in [0.5, 0.6) is 0 Å². The fourth-order valence-electron chi connectivity index (χ4n) is 2.75. The second-order valence-electron chi connectivity index (χ2n) is 6.03. The van der Waals surface area contributed by atoms with E-state index < -0.39 is 5.60 Å². The summed E-state index contributed by atoms with van der Waals surface area (Å²) in [5, 5.41) is 14.6. The molecule has 0 bridgehead atoms. The van der Waals surface area contributed by atoms with Crippen molar-refractivity contribution in [2.45, 2.75) is 64.6 Å². The van der Waals surface area contributed by atoms with Crippen molar-refractivity contribution in [3.05, 3.63) is 18.0 Å². The monoisotopic (exact) mass is 265 g/mol. The van der Waals surface area contributed by atoms with Gasteiger partial charge in [-0.25, -0.2) is 0 Å². The smallest absolute Gasteiger partial charge is 0.0764 e. The molecular formula is C15H27N3O. The topological polar surface area (TPSA) is 41.3 Å². The second kappa shape index (κ2) is 6.06. The molecule has 4 heteroatoms. The lowest BCUT2D eigenvalue weighted by Gasteiger charge is -2.35. The van der Waals surface area contributed by atoms with Gasteiger partial charge in [0.2, 0.25) is 0 Å². The van der Waals surface area contributed by atoms with Crippen LogP contribution in [0.4, 0.5) is 0 Å². The average Bonchev–Trinajstić information content (AvgIpc) is 2.82. The number of piperidine rings is 1. The van der Waals surface area contributed by atoms with E-state index in [1.54, 1.807) is 0 Å². The van der Waals surface area contributed by atoms with Gasteiger partial charge in [-0.05, 0) is 38.7 Å². The lowest BCUT2D eigenvalue weighted by molar-refractivity contribution is -0.00762. The van der Waals surface area contributed by atoms with Gasteiger partial charge in [0.1, 0.15) is 0 Å². The van der Waals surface area contributed by atoms with Gasteiger partial charge in [0.05, 0.1) is 17.3 Å². The molecule has 1 N–H and O–H groups in total. The molecule has 1 aromatic heterocycles. The van der Waals surface area contributed by atoms with Crippen LogP contribution in [0.25, 0.3) is 0 Å². The van der Waals surface area contributed by atoms with Crippen molar-refractivity contribution in [2.24, 2.45) is 0 Å². The van der Waals surface area contributed by atoms with Gasteiger partial charge < -0.3 is 5.11 Å². The molecule has 1 saturated heterocycles. The fourth-order valence-corrected chi connectivity index (χ4v) is 2.75. The van der Waals surface area contributed by atoms with Crippen molar-refractivity contribution >= 4 is 0 Å². The first-order valence-electron chi connectivity index (χ1n) is 7.53. The summed E-state index contributed by atoms with van der Waals surface area (Å²) in [5.41, 5.74) is 0.680. The van der Waals surface area contributed by atoms with Gasteiger partial charge in [-0.2, -0.15) is 5.10 Å². The molecule has 0 aromatic carbocycles. The summed E-state index contributed by atoms with van der Waals surface area (Å²) in [6.07, 6.45) is 6.09. The molecule has 0 saturated carbocycles. The first-order valence-corrected chi connectivity index (χ1v) is 7.53. The Labute approximate surface area is 116 Å². The molecule has 19 heavy (non-hydrogen) atoms. The zero-order valence-electron chi connectivity index (χ0n) is 12.5. The van der Waals surface area contributed by atoms with Crippen LogP contribution in [0.3, 0.4) is 0 Å². The molecule has 0 unspecified atom stereocenters. The van der Waals surface area contributed by atoms with E-state index in [0.717, 1.165) is 51.0 Å². The zero-order chi connectivity index (χ0) is 13.9. The van der Waals surface area contributed by atoms with Crippen molar-refractivity contribution in [1.29, 1.82) is 0 Å². The van der Waals surface area contributed by atoms with E-state index in [4.69, 9.17) is 5.10 Å². The largest absolute Gasteiger partial charge is 0.390 e. The molecule has 0 atom stereocenters. The third kappa shape index (κ3) is 3.80. The number of nitrogens with zero attached hydrogens (tertiary/aromatic N) is 3. The number of likely N-dealkylation sites (tertiary alicyclic amines) is 1. The first kappa shape index (κ1) is 14.5. The molecule has 4 nitrogen and oxygen atoms in total. The number of rotatable bonds is 5.